The van der Waals surface area contributed by atoms with Gasteiger partial charge in [0.25, 0.3) is 0 Å². The number of benzene rings is 1. The average molecular weight is 273 g/mol. The quantitative estimate of drug-likeness (QED) is 0.868. The van der Waals surface area contributed by atoms with E-state index in [0.717, 1.165) is 18.4 Å². The van der Waals surface area contributed by atoms with Gasteiger partial charge in [-0.15, -0.1) is 0 Å². The molecule has 3 heteroatoms. The van der Waals surface area contributed by atoms with Gasteiger partial charge >= 0.3 is 0 Å². The van der Waals surface area contributed by atoms with E-state index in [1.165, 1.54) is 0 Å². The van der Waals surface area contributed by atoms with Gasteiger partial charge in [-0.3, -0.25) is 0 Å². The Hall–Kier alpha value is -0.240. The van der Waals surface area contributed by atoms with E-state index in [-0.39, 0.29) is 0 Å². The summed E-state index contributed by atoms with van der Waals surface area (Å²) in [4.78, 5) is 0. The first kappa shape index (κ1) is 13.2. The molecule has 0 amide bonds. The molecule has 1 aromatic carbocycles. The van der Waals surface area contributed by atoms with Crippen LogP contribution in [0.4, 0.5) is 0 Å². The highest BCUT2D eigenvalue weighted by molar-refractivity contribution is 6.42. The van der Waals surface area contributed by atoms with E-state index >= 15 is 0 Å². The van der Waals surface area contributed by atoms with Crippen LogP contribution >= 0.6 is 23.2 Å². The monoisotopic (exact) mass is 272 g/mol. The van der Waals surface area contributed by atoms with Gasteiger partial charge in [0.2, 0.25) is 0 Å². The third kappa shape index (κ3) is 2.96. The van der Waals surface area contributed by atoms with Gasteiger partial charge in [-0.25, -0.2) is 0 Å². The summed E-state index contributed by atoms with van der Waals surface area (Å²) in [6.07, 6.45) is 2.46. The maximum atomic E-state index is 10.4. The second-order valence-corrected chi connectivity index (χ2v) is 6.38. The molecule has 0 aliphatic heterocycles. The third-order valence-electron chi connectivity index (χ3n) is 3.74. The Morgan fingerprint density at radius 2 is 1.94 bits per heavy atom. The van der Waals surface area contributed by atoms with Gasteiger partial charge in [0.1, 0.15) is 0 Å². The predicted molar refractivity (Wildman–Crippen MR) is 72.7 cm³/mol. The fraction of sp³-hybridized carbons (Fsp3) is 0.571. The lowest BCUT2D eigenvalue weighted by molar-refractivity contribution is -0.0860. The second-order valence-electron chi connectivity index (χ2n) is 5.56. The summed E-state index contributed by atoms with van der Waals surface area (Å²) >= 11 is 11.8. The zero-order valence-electron chi connectivity index (χ0n) is 10.2. The molecule has 1 nitrogen and oxygen atoms in total. The molecule has 0 bridgehead atoms. The second kappa shape index (κ2) is 4.79. The Morgan fingerprint density at radius 3 is 2.47 bits per heavy atom. The lowest BCUT2D eigenvalue weighted by Crippen LogP contribution is -2.47. The molecule has 1 aliphatic carbocycles. The first-order valence-corrected chi connectivity index (χ1v) is 6.81. The van der Waals surface area contributed by atoms with E-state index in [2.05, 4.69) is 13.8 Å². The molecule has 1 saturated carbocycles. The smallest absolute Gasteiger partial charge is 0.0693 e. The van der Waals surface area contributed by atoms with Gasteiger partial charge in [0.15, 0.2) is 0 Å². The molecular formula is C14H18Cl2O. The summed E-state index contributed by atoms with van der Waals surface area (Å²) in [6, 6.07) is 5.58. The molecular weight excluding hydrogens is 255 g/mol. The van der Waals surface area contributed by atoms with Crippen molar-refractivity contribution in [1.82, 2.24) is 0 Å². The van der Waals surface area contributed by atoms with Crippen LogP contribution in [0.3, 0.4) is 0 Å². The van der Waals surface area contributed by atoms with Crippen LogP contribution in [0, 0.1) is 11.8 Å². The number of hydrogen-bond acceptors (Lipinski definition) is 1. The molecule has 1 N–H and O–H groups in total. The number of hydrogen-bond donors (Lipinski definition) is 1. The van der Waals surface area contributed by atoms with Crippen molar-refractivity contribution in [3.05, 3.63) is 33.8 Å². The molecule has 2 rings (SSSR count). The summed E-state index contributed by atoms with van der Waals surface area (Å²) < 4.78 is 0. The molecule has 94 valence electrons. The highest BCUT2D eigenvalue weighted by Gasteiger charge is 2.43. The molecule has 1 aromatic rings. The molecule has 1 aliphatic rings. The number of rotatable bonds is 3. The fourth-order valence-electron chi connectivity index (χ4n) is 2.56. The highest BCUT2D eigenvalue weighted by Crippen LogP contribution is 2.44. The van der Waals surface area contributed by atoms with Crippen LogP contribution in [0.5, 0.6) is 0 Å². The van der Waals surface area contributed by atoms with E-state index in [9.17, 15) is 5.11 Å². The normalized spacial score (nSPS) is 28.2. The van der Waals surface area contributed by atoms with Crippen molar-refractivity contribution in [2.75, 3.05) is 0 Å². The van der Waals surface area contributed by atoms with Crippen molar-refractivity contribution in [3.8, 4) is 0 Å². The Balaban J connectivity index is 2.00. The van der Waals surface area contributed by atoms with Crippen molar-refractivity contribution < 1.29 is 5.11 Å². The minimum atomic E-state index is -0.536. The summed E-state index contributed by atoms with van der Waals surface area (Å²) in [5.41, 5.74) is 0.524. The number of aliphatic hydroxyl groups is 1. The molecule has 0 aromatic heterocycles. The Bertz CT molecular complexity index is 409. The molecule has 0 heterocycles. The summed E-state index contributed by atoms with van der Waals surface area (Å²) in [5.74, 6) is 1.31. The van der Waals surface area contributed by atoms with E-state index < -0.39 is 5.60 Å². The lowest BCUT2D eigenvalue weighted by atomic mass is 9.64. The Morgan fingerprint density at radius 1 is 1.29 bits per heavy atom. The van der Waals surface area contributed by atoms with Crippen molar-refractivity contribution >= 4 is 23.2 Å². The molecule has 0 atom stereocenters. The maximum Gasteiger partial charge on any atom is 0.0693 e. The Labute approximate surface area is 113 Å². The molecule has 0 radical (unpaired) electrons. The van der Waals surface area contributed by atoms with Gasteiger partial charge in [-0.2, -0.15) is 0 Å². The molecule has 17 heavy (non-hydrogen) atoms. The van der Waals surface area contributed by atoms with E-state index in [1.807, 2.05) is 12.1 Å². The minimum absolute atomic E-state index is 0.536. The van der Waals surface area contributed by atoms with E-state index in [4.69, 9.17) is 23.2 Å². The summed E-state index contributed by atoms with van der Waals surface area (Å²) in [5, 5.41) is 11.5. The van der Waals surface area contributed by atoms with Gasteiger partial charge in [-0.05, 0) is 42.4 Å². The van der Waals surface area contributed by atoms with Crippen molar-refractivity contribution in [2.45, 2.75) is 38.7 Å². The van der Waals surface area contributed by atoms with Crippen LogP contribution in [0.1, 0.15) is 32.3 Å². The fourth-order valence-corrected chi connectivity index (χ4v) is 2.88. The molecule has 0 unspecified atom stereocenters. The third-order valence-corrected chi connectivity index (χ3v) is 4.48. The van der Waals surface area contributed by atoms with Gasteiger partial charge in [-0.1, -0.05) is 43.1 Å². The van der Waals surface area contributed by atoms with Gasteiger partial charge in [0, 0.05) is 6.42 Å². The predicted octanol–water partition coefficient (Wildman–Crippen LogP) is 4.33. The highest BCUT2D eigenvalue weighted by atomic mass is 35.5. The first-order chi connectivity index (χ1) is 7.89. The Kier molecular flexibility index (Phi) is 3.72. The van der Waals surface area contributed by atoms with Crippen molar-refractivity contribution in [1.29, 1.82) is 0 Å². The number of halogens is 2. The van der Waals surface area contributed by atoms with E-state index in [0.29, 0.717) is 28.3 Å². The van der Waals surface area contributed by atoms with Crippen LogP contribution in [0.25, 0.3) is 0 Å². The van der Waals surface area contributed by atoms with Crippen LogP contribution in [0.2, 0.25) is 10.0 Å². The minimum Gasteiger partial charge on any atom is -0.390 e. The van der Waals surface area contributed by atoms with Crippen molar-refractivity contribution in [2.24, 2.45) is 11.8 Å². The largest absolute Gasteiger partial charge is 0.390 e. The maximum absolute atomic E-state index is 10.4. The zero-order valence-corrected chi connectivity index (χ0v) is 11.7. The first-order valence-electron chi connectivity index (χ1n) is 6.06. The van der Waals surface area contributed by atoms with Crippen molar-refractivity contribution in [3.63, 3.8) is 0 Å². The molecule has 0 spiro atoms. The summed E-state index contributed by atoms with van der Waals surface area (Å²) in [6.45, 7) is 4.42. The SMILES string of the molecule is CC(C)C1CC(O)(Cc2ccc(Cl)c(Cl)c2)C1. The lowest BCUT2D eigenvalue weighted by Gasteiger charge is -2.46. The standard InChI is InChI=1S/C14H18Cl2O/c1-9(2)11-7-14(17,8-11)6-10-3-4-12(15)13(16)5-10/h3-5,9,11,17H,6-8H2,1-2H3. The molecule has 1 fully saturated rings. The van der Waals surface area contributed by atoms with Crippen LogP contribution in [0.15, 0.2) is 18.2 Å². The van der Waals surface area contributed by atoms with E-state index in [1.54, 1.807) is 6.07 Å². The zero-order chi connectivity index (χ0) is 12.6. The van der Waals surface area contributed by atoms with Crippen LogP contribution in [-0.4, -0.2) is 10.7 Å². The topological polar surface area (TPSA) is 20.2 Å². The van der Waals surface area contributed by atoms with Crippen LogP contribution < -0.4 is 0 Å². The van der Waals surface area contributed by atoms with Gasteiger partial charge < -0.3 is 5.11 Å². The molecule has 0 saturated heterocycles. The van der Waals surface area contributed by atoms with Crippen LogP contribution in [-0.2, 0) is 6.42 Å². The summed E-state index contributed by atoms with van der Waals surface area (Å²) in [7, 11) is 0. The van der Waals surface area contributed by atoms with Gasteiger partial charge in [0.05, 0.1) is 15.6 Å². The average Bonchev–Trinajstić information content (AvgIpc) is 2.19.